The Bertz CT molecular complexity index is 554. The highest BCUT2D eigenvalue weighted by atomic mass is 15.3. The summed E-state index contributed by atoms with van der Waals surface area (Å²) in [6, 6.07) is 8.94. The van der Waals surface area contributed by atoms with Crippen LogP contribution in [0.2, 0.25) is 0 Å². The molecule has 0 saturated heterocycles. The minimum absolute atomic E-state index is 0.119. The molecular weight excluding hydrogens is 222 g/mol. The number of rotatable bonds is 1. The molecule has 1 aromatic heterocycles. The highest BCUT2D eigenvalue weighted by molar-refractivity contribution is 5.32. The maximum atomic E-state index is 6.26. The fraction of sp³-hybridized carbons (Fsp3) is 0.400. The molecule has 3 rings (SSSR count). The van der Waals surface area contributed by atoms with Crippen molar-refractivity contribution in [2.24, 2.45) is 12.8 Å². The van der Waals surface area contributed by atoms with Crippen LogP contribution in [0.4, 0.5) is 0 Å². The first kappa shape index (κ1) is 11.5. The highest BCUT2D eigenvalue weighted by Crippen LogP contribution is 2.37. The van der Waals surface area contributed by atoms with Crippen LogP contribution < -0.4 is 5.73 Å². The van der Waals surface area contributed by atoms with Crippen molar-refractivity contribution in [1.29, 1.82) is 0 Å². The molecule has 2 aromatic rings. The zero-order chi connectivity index (χ0) is 12.7. The van der Waals surface area contributed by atoms with Crippen LogP contribution in [0.3, 0.4) is 0 Å². The monoisotopic (exact) mass is 241 g/mol. The average molecular weight is 241 g/mol. The van der Waals surface area contributed by atoms with Crippen LogP contribution in [0.5, 0.6) is 0 Å². The van der Waals surface area contributed by atoms with Gasteiger partial charge in [-0.2, -0.15) is 5.10 Å². The summed E-state index contributed by atoms with van der Waals surface area (Å²) < 4.78 is 1.97. The van der Waals surface area contributed by atoms with Gasteiger partial charge in [0, 0.05) is 24.3 Å². The third-order valence-electron chi connectivity index (χ3n) is 4.02. The molecular formula is C15H19N3. The van der Waals surface area contributed by atoms with Crippen LogP contribution in [0.25, 0.3) is 0 Å². The minimum atomic E-state index is 0.119. The summed E-state index contributed by atoms with van der Waals surface area (Å²) in [6.45, 7) is 2.12. The van der Waals surface area contributed by atoms with E-state index in [9.17, 15) is 0 Å². The smallest absolute Gasteiger partial charge is 0.0540 e. The van der Waals surface area contributed by atoms with Crippen LogP contribution in [0.1, 0.15) is 40.8 Å². The van der Waals surface area contributed by atoms with Gasteiger partial charge in [-0.1, -0.05) is 29.8 Å². The van der Waals surface area contributed by atoms with Gasteiger partial charge in [-0.15, -0.1) is 0 Å². The average Bonchev–Trinajstić information content (AvgIpc) is 2.73. The second kappa shape index (κ2) is 4.25. The molecule has 0 radical (unpaired) electrons. The summed E-state index contributed by atoms with van der Waals surface area (Å²) in [5, 5.41) is 4.33. The van der Waals surface area contributed by atoms with Gasteiger partial charge in [0.15, 0.2) is 0 Å². The lowest BCUT2D eigenvalue weighted by atomic mass is 9.80. The van der Waals surface area contributed by atoms with E-state index in [0.717, 1.165) is 12.8 Å². The number of aryl methyl sites for hydroxylation is 2. The number of hydrogen-bond acceptors (Lipinski definition) is 2. The molecule has 1 aliphatic carbocycles. The van der Waals surface area contributed by atoms with Gasteiger partial charge in [0.25, 0.3) is 0 Å². The number of aromatic nitrogens is 2. The van der Waals surface area contributed by atoms with E-state index in [-0.39, 0.29) is 6.04 Å². The first-order valence-electron chi connectivity index (χ1n) is 6.48. The molecule has 18 heavy (non-hydrogen) atoms. The van der Waals surface area contributed by atoms with Crippen LogP contribution in [-0.2, 0) is 13.5 Å². The Hall–Kier alpha value is -1.61. The zero-order valence-corrected chi connectivity index (χ0v) is 10.9. The zero-order valence-electron chi connectivity index (χ0n) is 10.9. The summed E-state index contributed by atoms with van der Waals surface area (Å²) in [7, 11) is 2.00. The molecule has 0 spiro atoms. The van der Waals surface area contributed by atoms with Crippen molar-refractivity contribution in [3.63, 3.8) is 0 Å². The number of benzene rings is 1. The number of nitrogens with zero attached hydrogens (tertiary/aromatic N) is 2. The van der Waals surface area contributed by atoms with Crippen molar-refractivity contribution in [1.82, 2.24) is 9.78 Å². The summed E-state index contributed by atoms with van der Waals surface area (Å²) in [5.74, 6) is 0.517. The van der Waals surface area contributed by atoms with Gasteiger partial charge in [-0.3, -0.25) is 4.68 Å². The van der Waals surface area contributed by atoms with E-state index in [4.69, 9.17) is 5.73 Å². The molecule has 0 bridgehead atoms. The van der Waals surface area contributed by atoms with E-state index in [0.29, 0.717) is 5.92 Å². The van der Waals surface area contributed by atoms with Gasteiger partial charge in [0.1, 0.15) is 0 Å². The van der Waals surface area contributed by atoms with Crippen molar-refractivity contribution in [2.75, 3.05) is 0 Å². The van der Waals surface area contributed by atoms with Gasteiger partial charge in [0.05, 0.1) is 6.20 Å². The lowest BCUT2D eigenvalue weighted by Gasteiger charge is -2.27. The number of nitrogens with two attached hydrogens (primary N) is 1. The van der Waals surface area contributed by atoms with E-state index in [1.165, 1.54) is 22.4 Å². The minimum Gasteiger partial charge on any atom is -0.324 e. The SMILES string of the molecule is Cc1ccc(C2Cc3c(cnn3C)C(N)C2)cc1. The van der Waals surface area contributed by atoms with Gasteiger partial charge < -0.3 is 5.73 Å². The van der Waals surface area contributed by atoms with Crippen LogP contribution >= 0.6 is 0 Å². The largest absolute Gasteiger partial charge is 0.324 e. The molecule has 0 aliphatic heterocycles. The third kappa shape index (κ3) is 1.85. The summed E-state index contributed by atoms with van der Waals surface area (Å²) in [4.78, 5) is 0. The van der Waals surface area contributed by atoms with E-state index in [2.05, 4.69) is 36.3 Å². The van der Waals surface area contributed by atoms with Crippen molar-refractivity contribution in [3.8, 4) is 0 Å². The molecule has 0 fully saturated rings. The Morgan fingerprint density at radius 2 is 2.00 bits per heavy atom. The van der Waals surface area contributed by atoms with Gasteiger partial charge in [0.2, 0.25) is 0 Å². The normalized spacial score (nSPS) is 22.8. The van der Waals surface area contributed by atoms with Gasteiger partial charge >= 0.3 is 0 Å². The van der Waals surface area contributed by atoms with E-state index in [1.807, 2.05) is 17.9 Å². The van der Waals surface area contributed by atoms with E-state index in [1.54, 1.807) is 0 Å². The van der Waals surface area contributed by atoms with Crippen LogP contribution in [0, 0.1) is 6.92 Å². The Balaban J connectivity index is 1.93. The van der Waals surface area contributed by atoms with Gasteiger partial charge in [-0.25, -0.2) is 0 Å². The van der Waals surface area contributed by atoms with E-state index < -0.39 is 0 Å². The summed E-state index contributed by atoms with van der Waals surface area (Å²) in [5.41, 5.74) is 11.5. The Kier molecular flexibility index (Phi) is 2.71. The predicted octanol–water partition coefficient (Wildman–Crippen LogP) is 2.46. The second-order valence-electron chi connectivity index (χ2n) is 5.32. The summed E-state index contributed by atoms with van der Waals surface area (Å²) in [6.07, 6.45) is 3.98. The standard InChI is InChI=1S/C15H19N3/c1-10-3-5-11(6-4-10)12-7-14(16)13-9-17-18(2)15(13)8-12/h3-6,9,12,14H,7-8,16H2,1-2H3. The van der Waals surface area contributed by atoms with Crippen LogP contribution in [-0.4, -0.2) is 9.78 Å². The molecule has 1 heterocycles. The topological polar surface area (TPSA) is 43.8 Å². The fourth-order valence-corrected chi connectivity index (χ4v) is 2.88. The molecule has 2 atom stereocenters. The highest BCUT2D eigenvalue weighted by Gasteiger charge is 2.28. The molecule has 0 amide bonds. The second-order valence-corrected chi connectivity index (χ2v) is 5.32. The first-order chi connectivity index (χ1) is 8.65. The molecule has 2 unspecified atom stereocenters. The molecule has 1 aromatic carbocycles. The number of fused-ring (bicyclic) bond motifs is 1. The quantitative estimate of drug-likeness (QED) is 0.833. The Morgan fingerprint density at radius 1 is 1.28 bits per heavy atom. The Labute approximate surface area is 108 Å². The molecule has 2 N–H and O–H groups in total. The van der Waals surface area contributed by atoms with Crippen molar-refractivity contribution >= 4 is 0 Å². The fourth-order valence-electron chi connectivity index (χ4n) is 2.88. The van der Waals surface area contributed by atoms with Crippen molar-refractivity contribution in [2.45, 2.75) is 31.7 Å². The number of hydrogen-bond donors (Lipinski definition) is 1. The summed E-state index contributed by atoms with van der Waals surface area (Å²) >= 11 is 0. The van der Waals surface area contributed by atoms with Crippen molar-refractivity contribution < 1.29 is 0 Å². The Morgan fingerprint density at radius 3 is 2.72 bits per heavy atom. The lowest BCUT2D eigenvalue weighted by Crippen LogP contribution is -2.23. The predicted molar refractivity (Wildman–Crippen MR) is 72.4 cm³/mol. The maximum absolute atomic E-state index is 6.26. The molecule has 94 valence electrons. The van der Waals surface area contributed by atoms with Gasteiger partial charge in [-0.05, 0) is 31.2 Å². The maximum Gasteiger partial charge on any atom is 0.0540 e. The molecule has 3 heteroatoms. The lowest BCUT2D eigenvalue weighted by molar-refractivity contribution is 0.486. The molecule has 3 nitrogen and oxygen atoms in total. The molecule has 0 saturated carbocycles. The van der Waals surface area contributed by atoms with Crippen LogP contribution in [0.15, 0.2) is 30.5 Å². The van der Waals surface area contributed by atoms with E-state index >= 15 is 0 Å². The van der Waals surface area contributed by atoms with Crippen molar-refractivity contribution in [3.05, 3.63) is 52.8 Å². The first-order valence-corrected chi connectivity index (χ1v) is 6.48. The molecule has 1 aliphatic rings. The third-order valence-corrected chi connectivity index (χ3v) is 4.02.